The Hall–Kier alpha value is -2.28. The molecule has 23 heavy (non-hydrogen) atoms. The Morgan fingerprint density at radius 2 is 2.17 bits per heavy atom. The number of hydrogen-bond acceptors (Lipinski definition) is 6. The Balaban J connectivity index is 2.06. The van der Waals surface area contributed by atoms with Crippen LogP contribution in [0.2, 0.25) is 0 Å². The van der Waals surface area contributed by atoms with Crippen molar-refractivity contribution in [1.82, 2.24) is 5.32 Å². The Morgan fingerprint density at radius 1 is 1.39 bits per heavy atom. The number of amides is 1. The number of nitrogens with zero attached hydrogens (tertiary/aromatic N) is 1. The van der Waals surface area contributed by atoms with E-state index in [-0.39, 0.29) is 11.9 Å². The van der Waals surface area contributed by atoms with Crippen molar-refractivity contribution < 1.29 is 23.8 Å². The molecule has 1 aliphatic rings. The van der Waals surface area contributed by atoms with Crippen LogP contribution in [0.4, 0.5) is 0 Å². The average Bonchev–Trinajstić information content (AvgIpc) is 3.04. The van der Waals surface area contributed by atoms with E-state index in [1.807, 2.05) is 13.0 Å². The molecule has 1 N–H and O–H groups in total. The van der Waals surface area contributed by atoms with Crippen LogP contribution in [-0.4, -0.2) is 51.7 Å². The number of methoxy groups -OCH3 is 3. The minimum Gasteiger partial charge on any atom is -0.497 e. The molecule has 1 aromatic carbocycles. The summed E-state index contributed by atoms with van der Waals surface area (Å²) < 4.78 is 15.6. The lowest BCUT2D eigenvalue weighted by molar-refractivity contribution is -0.132. The van der Waals surface area contributed by atoms with Crippen LogP contribution in [0.25, 0.3) is 0 Å². The quantitative estimate of drug-likeness (QED) is 0.820. The van der Waals surface area contributed by atoms with Crippen LogP contribution in [0.15, 0.2) is 23.4 Å². The van der Waals surface area contributed by atoms with Crippen molar-refractivity contribution in [2.45, 2.75) is 25.5 Å². The van der Waals surface area contributed by atoms with Gasteiger partial charge in [-0.2, -0.15) is 0 Å². The van der Waals surface area contributed by atoms with E-state index in [2.05, 4.69) is 10.5 Å². The minimum atomic E-state index is -0.653. The van der Waals surface area contributed by atoms with E-state index in [1.165, 1.54) is 0 Å². The number of rotatable bonds is 7. The maximum atomic E-state index is 12.2. The average molecular weight is 322 g/mol. The topological polar surface area (TPSA) is 78.4 Å². The van der Waals surface area contributed by atoms with Gasteiger partial charge in [0.25, 0.3) is 5.91 Å². The molecule has 126 valence electrons. The number of carbonyl (C=O) groups is 1. The van der Waals surface area contributed by atoms with Gasteiger partial charge in [-0.05, 0) is 25.1 Å². The van der Waals surface area contributed by atoms with Gasteiger partial charge in [0.05, 0.1) is 26.5 Å². The third-order valence-corrected chi connectivity index (χ3v) is 3.48. The Morgan fingerprint density at radius 3 is 2.83 bits per heavy atom. The van der Waals surface area contributed by atoms with Crippen LogP contribution in [-0.2, 0) is 14.4 Å². The molecule has 0 radical (unpaired) electrons. The first-order chi connectivity index (χ1) is 11.1. The third-order valence-electron chi connectivity index (χ3n) is 3.48. The van der Waals surface area contributed by atoms with Crippen molar-refractivity contribution >= 4 is 11.6 Å². The zero-order valence-corrected chi connectivity index (χ0v) is 13.8. The maximum Gasteiger partial charge on any atom is 0.264 e. The van der Waals surface area contributed by atoms with E-state index >= 15 is 0 Å². The third kappa shape index (κ3) is 4.13. The SMILES string of the molecule is COC[C@H](C)NC(=O)[C@H]1CC(c2cc(OC)ccc2OC)=NO1. The van der Waals surface area contributed by atoms with Crippen LogP contribution in [0.5, 0.6) is 11.5 Å². The first kappa shape index (κ1) is 17.1. The Bertz CT molecular complexity index is 588. The van der Waals surface area contributed by atoms with Crippen molar-refractivity contribution in [3.05, 3.63) is 23.8 Å². The molecule has 0 saturated heterocycles. The predicted molar refractivity (Wildman–Crippen MR) is 85.1 cm³/mol. The molecule has 1 aromatic rings. The van der Waals surface area contributed by atoms with Crippen molar-refractivity contribution in [2.75, 3.05) is 27.9 Å². The number of carbonyl (C=O) groups excluding carboxylic acids is 1. The molecule has 2 atom stereocenters. The monoisotopic (exact) mass is 322 g/mol. The van der Waals surface area contributed by atoms with Gasteiger partial charge in [0.1, 0.15) is 11.5 Å². The standard InChI is InChI=1S/C16H22N2O5/c1-10(9-20-2)17-16(19)15-8-13(18-23-15)12-7-11(21-3)5-6-14(12)22-4/h5-7,10,15H,8-9H2,1-4H3,(H,17,19)/t10-,15+/m0/s1. The smallest absolute Gasteiger partial charge is 0.264 e. The van der Waals surface area contributed by atoms with Gasteiger partial charge in [0.15, 0.2) is 0 Å². The molecule has 2 rings (SSSR count). The van der Waals surface area contributed by atoms with Gasteiger partial charge in [-0.3, -0.25) is 4.79 Å². The molecular formula is C16H22N2O5. The summed E-state index contributed by atoms with van der Waals surface area (Å²) in [6, 6.07) is 5.32. The lowest BCUT2D eigenvalue weighted by Gasteiger charge is -2.15. The van der Waals surface area contributed by atoms with E-state index in [9.17, 15) is 4.79 Å². The highest BCUT2D eigenvalue weighted by Gasteiger charge is 2.31. The second kappa shape index (κ2) is 7.82. The lowest BCUT2D eigenvalue weighted by atomic mass is 10.0. The number of benzene rings is 1. The maximum absolute atomic E-state index is 12.2. The van der Waals surface area contributed by atoms with E-state index in [0.717, 1.165) is 5.56 Å². The van der Waals surface area contributed by atoms with E-state index < -0.39 is 6.10 Å². The molecule has 1 aliphatic heterocycles. The molecule has 1 heterocycles. The second-order valence-corrected chi connectivity index (χ2v) is 5.27. The highest BCUT2D eigenvalue weighted by molar-refractivity contribution is 6.06. The van der Waals surface area contributed by atoms with Gasteiger partial charge >= 0.3 is 0 Å². The molecule has 7 heteroatoms. The highest BCUT2D eigenvalue weighted by Crippen LogP contribution is 2.28. The molecule has 0 spiro atoms. The minimum absolute atomic E-state index is 0.0912. The first-order valence-electron chi connectivity index (χ1n) is 7.33. The van der Waals surface area contributed by atoms with E-state index in [1.54, 1.807) is 33.5 Å². The van der Waals surface area contributed by atoms with Gasteiger partial charge < -0.3 is 24.4 Å². The van der Waals surface area contributed by atoms with Crippen molar-refractivity contribution in [1.29, 1.82) is 0 Å². The first-order valence-corrected chi connectivity index (χ1v) is 7.33. The summed E-state index contributed by atoms with van der Waals surface area (Å²) in [6.07, 6.45) is -0.282. The van der Waals surface area contributed by atoms with Gasteiger partial charge in [-0.15, -0.1) is 0 Å². The molecule has 0 fully saturated rings. The molecule has 0 unspecified atom stereocenters. The predicted octanol–water partition coefficient (Wildman–Crippen LogP) is 1.35. The van der Waals surface area contributed by atoms with Crippen LogP contribution >= 0.6 is 0 Å². The van der Waals surface area contributed by atoms with Crippen LogP contribution in [0.1, 0.15) is 18.9 Å². The fourth-order valence-corrected chi connectivity index (χ4v) is 2.34. The van der Waals surface area contributed by atoms with Crippen LogP contribution < -0.4 is 14.8 Å². The number of nitrogens with one attached hydrogen (secondary N) is 1. The van der Waals surface area contributed by atoms with Gasteiger partial charge in [-0.1, -0.05) is 5.16 Å². The summed E-state index contributed by atoms with van der Waals surface area (Å²) in [5, 5.41) is 6.86. The Kier molecular flexibility index (Phi) is 5.81. The fraction of sp³-hybridized carbons (Fsp3) is 0.500. The Labute approximate surface area is 135 Å². The molecule has 0 aromatic heterocycles. The van der Waals surface area contributed by atoms with Gasteiger partial charge in [0.2, 0.25) is 6.10 Å². The molecule has 7 nitrogen and oxygen atoms in total. The summed E-state index contributed by atoms with van der Waals surface area (Å²) in [7, 11) is 4.76. The van der Waals surface area contributed by atoms with Crippen LogP contribution in [0.3, 0.4) is 0 Å². The summed E-state index contributed by atoms with van der Waals surface area (Å²) in [5.41, 5.74) is 1.41. The van der Waals surface area contributed by atoms with Crippen molar-refractivity contribution in [3.8, 4) is 11.5 Å². The largest absolute Gasteiger partial charge is 0.497 e. The highest BCUT2D eigenvalue weighted by atomic mass is 16.6. The summed E-state index contributed by atoms with van der Waals surface area (Å²) >= 11 is 0. The van der Waals surface area contributed by atoms with Crippen molar-refractivity contribution in [3.63, 3.8) is 0 Å². The lowest BCUT2D eigenvalue weighted by Crippen LogP contribution is -2.42. The van der Waals surface area contributed by atoms with Gasteiger partial charge in [0, 0.05) is 25.1 Å². The zero-order valence-electron chi connectivity index (χ0n) is 13.8. The molecular weight excluding hydrogens is 300 g/mol. The number of oxime groups is 1. The van der Waals surface area contributed by atoms with E-state index in [0.29, 0.717) is 30.2 Å². The molecule has 0 bridgehead atoms. The van der Waals surface area contributed by atoms with E-state index in [4.69, 9.17) is 19.0 Å². The van der Waals surface area contributed by atoms with Crippen molar-refractivity contribution in [2.24, 2.45) is 5.16 Å². The molecule has 1 amide bonds. The number of ether oxygens (including phenoxy) is 3. The van der Waals surface area contributed by atoms with Crippen LogP contribution in [0, 0.1) is 0 Å². The summed E-state index contributed by atoms with van der Waals surface area (Å²) in [6.45, 7) is 2.30. The molecule has 0 aliphatic carbocycles. The number of hydrogen-bond donors (Lipinski definition) is 1. The zero-order chi connectivity index (χ0) is 16.8. The normalized spacial score (nSPS) is 17.9. The summed E-state index contributed by atoms with van der Waals surface area (Å²) in [4.78, 5) is 17.4. The fourth-order valence-electron chi connectivity index (χ4n) is 2.34. The molecule has 0 saturated carbocycles. The summed E-state index contributed by atoms with van der Waals surface area (Å²) in [5.74, 6) is 1.13. The second-order valence-electron chi connectivity index (χ2n) is 5.27. The van der Waals surface area contributed by atoms with Gasteiger partial charge in [-0.25, -0.2) is 0 Å².